The SMILES string of the molecule is Cc1cc2nnc(SCC(=O)NC(C)c3ccc4c(c3)OCO4)n2c2ccccc12. The van der Waals surface area contributed by atoms with Crippen LogP contribution in [0.4, 0.5) is 0 Å². The van der Waals surface area contributed by atoms with Gasteiger partial charge in [-0.15, -0.1) is 10.2 Å². The van der Waals surface area contributed by atoms with Crippen LogP contribution in [0.15, 0.2) is 53.7 Å². The Balaban J connectivity index is 1.31. The van der Waals surface area contributed by atoms with Crippen LogP contribution in [-0.4, -0.2) is 33.1 Å². The minimum atomic E-state index is -0.147. The highest BCUT2D eigenvalue weighted by atomic mass is 32.2. The molecule has 5 rings (SSSR count). The summed E-state index contributed by atoms with van der Waals surface area (Å²) in [5.74, 6) is 1.62. The van der Waals surface area contributed by atoms with Crippen molar-refractivity contribution >= 4 is 34.2 Å². The fourth-order valence-electron chi connectivity index (χ4n) is 3.65. The monoisotopic (exact) mass is 420 g/mol. The van der Waals surface area contributed by atoms with Crippen molar-refractivity contribution in [1.29, 1.82) is 0 Å². The zero-order valence-electron chi connectivity index (χ0n) is 16.6. The molecule has 8 heteroatoms. The van der Waals surface area contributed by atoms with Crippen LogP contribution in [0, 0.1) is 6.92 Å². The molecule has 0 bridgehead atoms. The lowest BCUT2D eigenvalue weighted by atomic mass is 10.1. The zero-order chi connectivity index (χ0) is 20.7. The number of amides is 1. The molecule has 30 heavy (non-hydrogen) atoms. The molecule has 0 radical (unpaired) electrons. The minimum absolute atomic E-state index is 0.0710. The number of nitrogens with one attached hydrogen (secondary N) is 1. The number of thioether (sulfide) groups is 1. The highest BCUT2D eigenvalue weighted by Gasteiger charge is 2.18. The molecule has 1 aliphatic rings. The van der Waals surface area contributed by atoms with E-state index in [0.29, 0.717) is 10.9 Å². The van der Waals surface area contributed by atoms with Crippen molar-refractivity contribution in [3.8, 4) is 11.5 Å². The van der Waals surface area contributed by atoms with E-state index in [9.17, 15) is 4.79 Å². The Morgan fingerprint density at radius 2 is 2.00 bits per heavy atom. The first-order chi connectivity index (χ1) is 14.6. The summed E-state index contributed by atoms with van der Waals surface area (Å²) >= 11 is 1.38. The van der Waals surface area contributed by atoms with Gasteiger partial charge in [0.05, 0.1) is 17.3 Å². The summed E-state index contributed by atoms with van der Waals surface area (Å²) in [5.41, 5.74) is 3.93. The number of fused-ring (bicyclic) bond motifs is 4. The van der Waals surface area contributed by atoms with Crippen LogP contribution >= 0.6 is 11.8 Å². The first-order valence-electron chi connectivity index (χ1n) is 9.65. The van der Waals surface area contributed by atoms with Crippen molar-refractivity contribution in [3.63, 3.8) is 0 Å². The lowest BCUT2D eigenvalue weighted by Crippen LogP contribution is -2.28. The molecule has 152 valence electrons. The van der Waals surface area contributed by atoms with Crippen LogP contribution in [0.25, 0.3) is 16.6 Å². The van der Waals surface area contributed by atoms with Gasteiger partial charge in [0, 0.05) is 5.39 Å². The molecule has 0 saturated carbocycles. The van der Waals surface area contributed by atoms with E-state index >= 15 is 0 Å². The quantitative estimate of drug-likeness (QED) is 0.494. The number of carbonyl (C=O) groups is 1. The lowest BCUT2D eigenvalue weighted by molar-refractivity contribution is -0.119. The first kappa shape index (κ1) is 18.7. The summed E-state index contributed by atoms with van der Waals surface area (Å²) in [4.78, 5) is 12.6. The topological polar surface area (TPSA) is 77.8 Å². The van der Waals surface area contributed by atoms with E-state index in [0.717, 1.165) is 33.4 Å². The number of ether oxygens (including phenoxy) is 2. The van der Waals surface area contributed by atoms with Crippen LogP contribution in [0.1, 0.15) is 24.1 Å². The maximum atomic E-state index is 12.6. The number of aryl methyl sites for hydroxylation is 1. The van der Waals surface area contributed by atoms with Crippen LogP contribution in [0.3, 0.4) is 0 Å². The van der Waals surface area contributed by atoms with Gasteiger partial charge in [-0.05, 0) is 49.2 Å². The second kappa shape index (κ2) is 7.53. The summed E-state index contributed by atoms with van der Waals surface area (Å²) in [6, 6.07) is 15.7. The second-order valence-corrected chi connectivity index (χ2v) is 8.15. The number of para-hydroxylation sites is 1. The molecule has 7 nitrogen and oxygen atoms in total. The molecule has 2 aromatic heterocycles. The van der Waals surface area contributed by atoms with Crippen LogP contribution < -0.4 is 14.8 Å². The van der Waals surface area contributed by atoms with Gasteiger partial charge in [-0.25, -0.2) is 0 Å². The lowest BCUT2D eigenvalue weighted by Gasteiger charge is -2.14. The van der Waals surface area contributed by atoms with Crippen LogP contribution in [-0.2, 0) is 4.79 Å². The summed E-state index contributed by atoms with van der Waals surface area (Å²) in [6.07, 6.45) is 0. The standard InChI is InChI=1S/C22H20N4O3S/c1-13-9-20-24-25-22(26(20)17-6-4-3-5-16(13)17)30-11-21(27)23-14(2)15-7-8-18-19(10-15)29-12-28-18/h3-10,14H,11-12H2,1-2H3,(H,23,27). The average Bonchev–Trinajstić information content (AvgIpc) is 3.38. The largest absolute Gasteiger partial charge is 0.454 e. The predicted molar refractivity (Wildman–Crippen MR) is 115 cm³/mol. The van der Waals surface area contributed by atoms with Crippen molar-refractivity contribution in [2.45, 2.75) is 25.0 Å². The minimum Gasteiger partial charge on any atom is -0.454 e. The maximum absolute atomic E-state index is 12.6. The molecule has 0 aliphatic carbocycles. The number of benzene rings is 2. The molecule has 1 aliphatic heterocycles. The maximum Gasteiger partial charge on any atom is 0.231 e. The smallest absolute Gasteiger partial charge is 0.231 e. The van der Waals surface area contributed by atoms with Gasteiger partial charge in [-0.3, -0.25) is 9.20 Å². The Morgan fingerprint density at radius 3 is 2.90 bits per heavy atom. The number of carbonyl (C=O) groups excluding carboxylic acids is 1. The Morgan fingerprint density at radius 1 is 1.17 bits per heavy atom. The van der Waals surface area contributed by atoms with Crippen molar-refractivity contribution in [1.82, 2.24) is 19.9 Å². The highest BCUT2D eigenvalue weighted by molar-refractivity contribution is 7.99. The number of hydrogen-bond acceptors (Lipinski definition) is 6. The zero-order valence-corrected chi connectivity index (χ0v) is 17.4. The molecule has 1 atom stereocenters. The molecule has 3 heterocycles. The number of rotatable bonds is 5. The predicted octanol–water partition coefficient (Wildman–Crippen LogP) is 3.89. The fourth-order valence-corrected chi connectivity index (χ4v) is 4.41. The van der Waals surface area contributed by atoms with Crippen molar-refractivity contribution < 1.29 is 14.3 Å². The van der Waals surface area contributed by atoms with Crippen LogP contribution in [0.2, 0.25) is 0 Å². The normalized spacial score (nSPS) is 13.7. The van der Waals surface area contributed by atoms with Crippen molar-refractivity contribution in [2.24, 2.45) is 0 Å². The third kappa shape index (κ3) is 3.33. The fraction of sp³-hybridized carbons (Fsp3) is 0.227. The third-order valence-electron chi connectivity index (χ3n) is 5.18. The molecule has 0 spiro atoms. The summed E-state index contributed by atoms with van der Waals surface area (Å²) in [7, 11) is 0. The average molecular weight is 420 g/mol. The summed E-state index contributed by atoms with van der Waals surface area (Å²) in [6.45, 7) is 4.24. The number of nitrogens with zero attached hydrogens (tertiary/aromatic N) is 3. The highest BCUT2D eigenvalue weighted by Crippen LogP contribution is 2.34. The van der Waals surface area contributed by atoms with E-state index in [1.807, 2.05) is 53.8 Å². The van der Waals surface area contributed by atoms with E-state index in [1.54, 1.807) is 0 Å². The van der Waals surface area contributed by atoms with Gasteiger partial charge in [0.15, 0.2) is 22.3 Å². The van der Waals surface area contributed by atoms with Gasteiger partial charge in [-0.1, -0.05) is 36.0 Å². The molecule has 0 fully saturated rings. The molecule has 1 amide bonds. The third-order valence-corrected chi connectivity index (χ3v) is 6.11. The summed E-state index contributed by atoms with van der Waals surface area (Å²) < 4.78 is 12.8. The van der Waals surface area contributed by atoms with Gasteiger partial charge in [0.2, 0.25) is 12.7 Å². The second-order valence-electron chi connectivity index (χ2n) is 7.21. The van der Waals surface area contributed by atoms with Crippen molar-refractivity contribution in [3.05, 3.63) is 59.7 Å². The van der Waals surface area contributed by atoms with Crippen LogP contribution in [0.5, 0.6) is 11.5 Å². The Labute approximate surface area is 177 Å². The van der Waals surface area contributed by atoms with Gasteiger partial charge >= 0.3 is 0 Å². The van der Waals surface area contributed by atoms with Gasteiger partial charge in [-0.2, -0.15) is 0 Å². The van der Waals surface area contributed by atoms with Gasteiger partial charge in [0.25, 0.3) is 0 Å². The Kier molecular flexibility index (Phi) is 4.71. The number of aromatic nitrogens is 3. The van der Waals surface area contributed by atoms with E-state index in [4.69, 9.17) is 9.47 Å². The first-order valence-corrected chi connectivity index (χ1v) is 10.6. The van der Waals surface area contributed by atoms with Gasteiger partial charge in [0.1, 0.15) is 0 Å². The van der Waals surface area contributed by atoms with Crippen molar-refractivity contribution in [2.75, 3.05) is 12.5 Å². The van der Waals surface area contributed by atoms with E-state index in [2.05, 4.69) is 28.5 Å². The number of pyridine rings is 1. The molecule has 2 aromatic carbocycles. The van der Waals surface area contributed by atoms with Gasteiger partial charge < -0.3 is 14.8 Å². The molecule has 1 unspecified atom stereocenters. The molecule has 1 N–H and O–H groups in total. The van der Waals surface area contributed by atoms with E-state index in [-0.39, 0.29) is 24.5 Å². The summed E-state index contributed by atoms with van der Waals surface area (Å²) in [5, 5.41) is 13.5. The Bertz CT molecular complexity index is 1270. The van der Waals surface area contributed by atoms with E-state index in [1.165, 1.54) is 11.8 Å². The molecule has 0 saturated heterocycles. The molecular weight excluding hydrogens is 400 g/mol. The number of hydrogen-bond donors (Lipinski definition) is 1. The molecular formula is C22H20N4O3S. The molecule has 4 aromatic rings. The Hall–Kier alpha value is -3.26. The van der Waals surface area contributed by atoms with E-state index < -0.39 is 0 Å².